The molecular weight excluding hydrogens is 326 g/mol. The van der Waals surface area contributed by atoms with Crippen molar-refractivity contribution in [3.8, 4) is 17.2 Å². The zero-order chi connectivity index (χ0) is 18.2. The molecule has 0 heterocycles. The molecule has 4 nitrogen and oxygen atoms in total. The second-order valence-corrected chi connectivity index (χ2v) is 5.51. The summed E-state index contributed by atoms with van der Waals surface area (Å²) in [5.74, 6) is 1.80. The summed E-state index contributed by atoms with van der Waals surface area (Å²) in [6.45, 7) is 0. The molecular formula is C22H19NO3. The van der Waals surface area contributed by atoms with E-state index in [0.29, 0.717) is 17.2 Å². The van der Waals surface area contributed by atoms with E-state index in [9.17, 15) is 4.79 Å². The fourth-order valence-electron chi connectivity index (χ4n) is 2.37. The number of amides is 1. The number of rotatable bonds is 6. The lowest BCUT2D eigenvalue weighted by Crippen LogP contribution is -2.08. The van der Waals surface area contributed by atoms with Crippen molar-refractivity contribution >= 4 is 17.7 Å². The molecule has 3 rings (SSSR count). The van der Waals surface area contributed by atoms with Gasteiger partial charge in [-0.1, -0.05) is 42.5 Å². The Morgan fingerprint density at radius 3 is 2.42 bits per heavy atom. The third-order valence-corrected chi connectivity index (χ3v) is 3.64. The highest BCUT2D eigenvalue weighted by Gasteiger charge is 2.06. The molecule has 1 N–H and O–H groups in total. The molecule has 0 aliphatic rings. The van der Waals surface area contributed by atoms with Gasteiger partial charge in [0.25, 0.3) is 0 Å². The van der Waals surface area contributed by atoms with Gasteiger partial charge < -0.3 is 14.8 Å². The lowest BCUT2D eigenvalue weighted by Gasteiger charge is -2.11. The van der Waals surface area contributed by atoms with E-state index in [1.807, 2.05) is 72.8 Å². The molecule has 0 bridgehead atoms. The third kappa shape index (κ3) is 4.74. The van der Waals surface area contributed by atoms with Crippen LogP contribution in [0.3, 0.4) is 0 Å². The van der Waals surface area contributed by atoms with Gasteiger partial charge in [0.1, 0.15) is 11.5 Å². The van der Waals surface area contributed by atoms with E-state index < -0.39 is 0 Å². The number of benzene rings is 3. The van der Waals surface area contributed by atoms with Crippen LogP contribution in [0.15, 0.2) is 84.9 Å². The molecule has 0 aliphatic carbocycles. The normalized spacial score (nSPS) is 10.5. The SMILES string of the molecule is COc1cccc(/C=C/C(=O)Nc2ccccc2Oc2ccccc2)c1. The maximum absolute atomic E-state index is 12.3. The number of ether oxygens (including phenoxy) is 2. The highest BCUT2D eigenvalue weighted by molar-refractivity contribution is 6.02. The van der Waals surface area contributed by atoms with Crippen LogP contribution < -0.4 is 14.8 Å². The molecule has 0 aliphatic heterocycles. The lowest BCUT2D eigenvalue weighted by molar-refractivity contribution is -0.111. The smallest absolute Gasteiger partial charge is 0.248 e. The number of para-hydroxylation sites is 3. The van der Waals surface area contributed by atoms with Crippen LogP contribution in [-0.2, 0) is 4.79 Å². The Morgan fingerprint density at radius 1 is 0.885 bits per heavy atom. The van der Waals surface area contributed by atoms with Crippen LogP contribution in [0, 0.1) is 0 Å². The van der Waals surface area contributed by atoms with Gasteiger partial charge in [0, 0.05) is 6.08 Å². The summed E-state index contributed by atoms with van der Waals surface area (Å²) in [6.07, 6.45) is 3.21. The molecule has 0 radical (unpaired) electrons. The molecule has 0 saturated heterocycles. The molecule has 0 saturated carbocycles. The molecule has 0 unspecified atom stereocenters. The van der Waals surface area contributed by atoms with Crippen LogP contribution in [0.2, 0.25) is 0 Å². The standard InChI is InChI=1S/C22H19NO3/c1-25-19-11-7-8-17(16-19)14-15-22(24)23-20-12-5-6-13-21(20)26-18-9-3-2-4-10-18/h2-16H,1H3,(H,23,24)/b15-14+. The largest absolute Gasteiger partial charge is 0.497 e. The lowest BCUT2D eigenvalue weighted by atomic mass is 10.2. The van der Waals surface area contributed by atoms with Gasteiger partial charge in [0.2, 0.25) is 5.91 Å². The number of anilines is 1. The Morgan fingerprint density at radius 2 is 1.62 bits per heavy atom. The molecule has 0 atom stereocenters. The van der Waals surface area contributed by atoms with E-state index in [0.717, 1.165) is 11.3 Å². The predicted molar refractivity (Wildman–Crippen MR) is 104 cm³/mol. The molecule has 0 aromatic heterocycles. The van der Waals surface area contributed by atoms with Crippen LogP contribution in [0.25, 0.3) is 6.08 Å². The molecule has 1 amide bonds. The van der Waals surface area contributed by atoms with E-state index in [2.05, 4.69) is 5.32 Å². The van der Waals surface area contributed by atoms with Crippen LogP contribution in [0.5, 0.6) is 17.2 Å². The number of hydrogen-bond acceptors (Lipinski definition) is 3. The zero-order valence-electron chi connectivity index (χ0n) is 14.4. The minimum atomic E-state index is -0.239. The number of nitrogens with one attached hydrogen (secondary N) is 1. The Labute approximate surface area is 152 Å². The molecule has 4 heteroatoms. The van der Waals surface area contributed by atoms with E-state index >= 15 is 0 Å². The maximum Gasteiger partial charge on any atom is 0.248 e. The fourth-order valence-corrected chi connectivity index (χ4v) is 2.37. The quantitative estimate of drug-likeness (QED) is 0.629. The molecule has 3 aromatic rings. The second kappa shape index (κ2) is 8.53. The number of carbonyl (C=O) groups is 1. The Balaban J connectivity index is 1.70. The minimum absolute atomic E-state index is 0.239. The third-order valence-electron chi connectivity index (χ3n) is 3.64. The molecule has 0 spiro atoms. The van der Waals surface area contributed by atoms with Gasteiger partial charge in [0.05, 0.1) is 12.8 Å². The first-order chi connectivity index (χ1) is 12.7. The Bertz CT molecular complexity index is 904. The molecule has 130 valence electrons. The molecule has 0 fully saturated rings. The summed E-state index contributed by atoms with van der Waals surface area (Å²) < 4.78 is 11.0. The van der Waals surface area contributed by atoms with Gasteiger partial charge >= 0.3 is 0 Å². The summed E-state index contributed by atoms with van der Waals surface area (Å²) >= 11 is 0. The van der Waals surface area contributed by atoms with Gasteiger partial charge in [0.15, 0.2) is 5.75 Å². The number of methoxy groups -OCH3 is 1. The summed E-state index contributed by atoms with van der Waals surface area (Å²) in [4.78, 5) is 12.3. The highest BCUT2D eigenvalue weighted by Crippen LogP contribution is 2.29. The molecule has 26 heavy (non-hydrogen) atoms. The van der Waals surface area contributed by atoms with Gasteiger partial charge in [-0.05, 0) is 48.0 Å². The van der Waals surface area contributed by atoms with Crippen molar-refractivity contribution in [2.45, 2.75) is 0 Å². The van der Waals surface area contributed by atoms with Crippen LogP contribution in [-0.4, -0.2) is 13.0 Å². The summed E-state index contributed by atoms with van der Waals surface area (Å²) in [6, 6.07) is 24.2. The van der Waals surface area contributed by atoms with Crippen LogP contribution in [0.4, 0.5) is 5.69 Å². The first kappa shape index (κ1) is 17.3. The summed E-state index contributed by atoms with van der Waals surface area (Å²) in [5.41, 5.74) is 1.49. The van der Waals surface area contributed by atoms with E-state index in [1.165, 1.54) is 6.08 Å². The van der Waals surface area contributed by atoms with Crippen LogP contribution >= 0.6 is 0 Å². The van der Waals surface area contributed by atoms with Crippen molar-refractivity contribution in [3.63, 3.8) is 0 Å². The predicted octanol–water partition coefficient (Wildman–Crippen LogP) is 5.14. The fraction of sp³-hybridized carbons (Fsp3) is 0.0455. The average Bonchev–Trinajstić information content (AvgIpc) is 2.69. The number of carbonyl (C=O) groups excluding carboxylic acids is 1. The van der Waals surface area contributed by atoms with E-state index in [1.54, 1.807) is 19.3 Å². The van der Waals surface area contributed by atoms with Crippen molar-refractivity contribution in [1.29, 1.82) is 0 Å². The van der Waals surface area contributed by atoms with Crippen molar-refractivity contribution in [3.05, 3.63) is 90.5 Å². The Hall–Kier alpha value is -3.53. The maximum atomic E-state index is 12.3. The van der Waals surface area contributed by atoms with Crippen molar-refractivity contribution in [2.75, 3.05) is 12.4 Å². The highest BCUT2D eigenvalue weighted by atomic mass is 16.5. The van der Waals surface area contributed by atoms with E-state index in [4.69, 9.17) is 9.47 Å². The molecule has 3 aromatic carbocycles. The first-order valence-electron chi connectivity index (χ1n) is 8.19. The first-order valence-corrected chi connectivity index (χ1v) is 8.19. The summed E-state index contributed by atoms with van der Waals surface area (Å²) in [7, 11) is 1.61. The van der Waals surface area contributed by atoms with E-state index in [-0.39, 0.29) is 5.91 Å². The minimum Gasteiger partial charge on any atom is -0.497 e. The number of hydrogen-bond donors (Lipinski definition) is 1. The Kier molecular flexibility index (Phi) is 5.68. The van der Waals surface area contributed by atoms with Crippen LogP contribution in [0.1, 0.15) is 5.56 Å². The van der Waals surface area contributed by atoms with Gasteiger partial charge in [-0.25, -0.2) is 0 Å². The van der Waals surface area contributed by atoms with Crippen molar-refractivity contribution in [2.24, 2.45) is 0 Å². The van der Waals surface area contributed by atoms with Crippen molar-refractivity contribution in [1.82, 2.24) is 0 Å². The summed E-state index contributed by atoms with van der Waals surface area (Å²) in [5, 5.41) is 2.85. The van der Waals surface area contributed by atoms with Gasteiger partial charge in [-0.3, -0.25) is 4.79 Å². The zero-order valence-corrected chi connectivity index (χ0v) is 14.4. The second-order valence-electron chi connectivity index (χ2n) is 5.51. The van der Waals surface area contributed by atoms with Crippen molar-refractivity contribution < 1.29 is 14.3 Å². The average molecular weight is 345 g/mol. The van der Waals surface area contributed by atoms with Gasteiger partial charge in [-0.2, -0.15) is 0 Å². The van der Waals surface area contributed by atoms with Gasteiger partial charge in [-0.15, -0.1) is 0 Å². The monoisotopic (exact) mass is 345 g/mol. The topological polar surface area (TPSA) is 47.6 Å².